The second-order valence-corrected chi connectivity index (χ2v) is 4.02. The van der Waals surface area contributed by atoms with Crippen LogP contribution in [0.4, 0.5) is 0 Å². The van der Waals surface area contributed by atoms with Gasteiger partial charge in [-0.05, 0) is 22.5 Å². The molecule has 0 amide bonds. The van der Waals surface area contributed by atoms with Gasteiger partial charge < -0.3 is 14.8 Å². The van der Waals surface area contributed by atoms with Crippen molar-refractivity contribution in [2.45, 2.75) is 19.3 Å². The van der Waals surface area contributed by atoms with Crippen LogP contribution in [0.1, 0.15) is 18.7 Å². The molecule has 0 spiro atoms. The third kappa shape index (κ3) is 2.79. The Kier molecular flexibility index (Phi) is 5.33. The summed E-state index contributed by atoms with van der Waals surface area (Å²) in [7, 11) is 5.05. The Labute approximate surface area is 103 Å². The third-order valence-electron chi connectivity index (χ3n) is 2.28. The summed E-state index contributed by atoms with van der Waals surface area (Å²) in [6.07, 6.45) is -0.381. The van der Waals surface area contributed by atoms with Crippen molar-refractivity contribution in [3.8, 4) is 0 Å². The molecule has 1 aromatic rings. The Hall–Kier alpha value is -0.500. The van der Waals surface area contributed by atoms with Gasteiger partial charge in [-0.1, -0.05) is 12.1 Å². The number of likely N-dealkylation sites (N-methyl/N-ethyl adjacent to an activating group) is 1. The van der Waals surface area contributed by atoms with E-state index in [2.05, 4.69) is 31.6 Å². The van der Waals surface area contributed by atoms with Gasteiger partial charge in [0.1, 0.15) is 6.04 Å². The first kappa shape index (κ1) is 13.6. The molecule has 1 N–H and O–H groups in total. The third-order valence-corrected chi connectivity index (χ3v) is 2.85. The summed E-state index contributed by atoms with van der Waals surface area (Å²) in [6.45, 7) is 2.82. The minimum absolute atomic E-state index is 0.116. The highest BCUT2D eigenvalue weighted by Gasteiger charge is 2.27. The fraction of sp³-hybridized carbons (Fsp3) is 0.778. The highest BCUT2D eigenvalue weighted by atomic mass is 79.9. The van der Waals surface area contributed by atoms with Crippen LogP contribution in [0.3, 0.4) is 0 Å². The molecule has 1 rings (SSSR count). The average molecular weight is 293 g/mol. The van der Waals surface area contributed by atoms with E-state index in [4.69, 9.17) is 9.47 Å². The van der Waals surface area contributed by atoms with Crippen LogP contribution in [-0.2, 0) is 16.5 Å². The molecule has 1 aromatic heterocycles. The monoisotopic (exact) mass is 292 g/mol. The lowest BCUT2D eigenvalue weighted by Gasteiger charge is -2.25. The van der Waals surface area contributed by atoms with Crippen molar-refractivity contribution in [1.29, 1.82) is 0 Å². The SMILES string of the molecule is CCNC(c1c(Br)nnn1C)C(OC)OC. The molecule has 1 heterocycles. The van der Waals surface area contributed by atoms with Gasteiger partial charge in [0.2, 0.25) is 0 Å². The minimum atomic E-state index is -0.381. The van der Waals surface area contributed by atoms with E-state index >= 15 is 0 Å². The number of aromatic nitrogens is 3. The van der Waals surface area contributed by atoms with E-state index < -0.39 is 0 Å². The van der Waals surface area contributed by atoms with Gasteiger partial charge in [0.25, 0.3) is 0 Å². The van der Waals surface area contributed by atoms with Crippen LogP contribution in [0.5, 0.6) is 0 Å². The standard InChI is InChI=1S/C9H17BrN4O2/c1-5-11-6(9(15-3)16-4)7-8(10)12-13-14(7)2/h6,9,11H,5H2,1-4H3. The molecule has 0 aliphatic rings. The van der Waals surface area contributed by atoms with Gasteiger partial charge in [0.15, 0.2) is 10.9 Å². The summed E-state index contributed by atoms with van der Waals surface area (Å²) in [5.41, 5.74) is 0.899. The smallest absolute Gasteiger partial charge is 0.177 e. The normalized spacial score (nSPS) is 13.4. The Morgan fingerprint density at radius 2 is 2.06 bits per heavy atom. The summed E-state index contributed by atoms with van der Waals surface area (Å²) in [4.78, 5) is 0. The first-order valence-corrected chi connectivity index (χ1v) is 5.79. The van der Waals surface area contributed by atoms with Crippen LogP contribution < -0.4 is 5.32 Å². The van der Waals surface area contributed by atoms with E-state index in [1.807, 2.05) is 14.0 Å². The van der Waals surface area contributed by atoms with Crippen LogP contribution in [0, 0.1) is 0 Å². The second kappa shape index (κ2) is 6.29. The minimum Gasteiger partial charge on any atom is -0.354 e. The fourth-order valence-corrected chi connectivity index (χ4v) is 2.15. The van der Waals surface area contributed by atoms with E-state index in [1.54, 1.807) is 18.9 Å². The molecule has 0 aliphatic heterocycles. The van der Waals surface area contributed by atoms with Crippen LogP contribution in [0.15, 0.2) is 4.60 Å². The number of halogens is 1. The summed E-state index contributed by atoms with van der Waals surface area (Å²) in [5, 5.41) is 11.2. The van der Waals surface area contributed by atoms with Crippen molar-refractivity contribution in [2.75, 3.05) is 20.8 Å². The maximum Gasteiger partial charge on any atom is 0.177 e. The lowest BCUT2D eigenvalue weighted by atomic mass is 10.2. The number of methoxy groups -OCH3 is 2. The van der Waals surface area contributed by atoms with Crippen LogP contribution in [0.25, 0.3) is 0 Å². The number of aryl methyl sites for hydroxylation is 1. The van der Waals surface area contributed by atoms with Crippen molar-refractivity contribution in [2.24, 2.45) is 7.05 Å². The van der Waals surface area contributed by atoms with Gasteiger partial charge in [-0.15, -0.1) is 5.10 Å². The number of hydrogen-bond acceptors (Lipinski definition) is 5. The maximum atomic E-state index is 5.27. The van der Waals surface area contributed by atoms with Crippen molar-refractivity contribution in [3.63, 3.8) is 0 Å². The van der Waals surface area contributed by atoms with Crippen molar-refractivity contribution in [3.05, 3.63) is 10.3 Å². The lowest BCUT2D eigenvalue weighted by molar-refractivity contribution is -0.125. The first-order chi connectivity index (χ1) is 7.65. The van der Waals surface area contributed by atoms with Gasteiger partial charge >= 0.3 is 0 Å². The molecule has 1 atom stereocenters. The summed E-state index contributed by atoms with van der Waals surface area (Å²) in [6, 6.07) is -0.116. The van der Waals surface area contributed by atoms with E-state index in [0.717, 1.165) is 12.2 Å². The molecule has 6 nitrogen and oxygen atoms in total. The van der Waals surface area contributed by atoms with Crippen molar-refractivity contribution < 1.29 is 9.47 Å². The zero-order valence-electron chi connectivity index (χ0n) is 9.90. The number of rotatable bonds is 6. The van der Waals surface area contributed by atoms with Gasteiger partial charge in [-0.25, -0.2) is 4.68 Å². The summed E-state index contributed by atoms with van der Waals surface area (Å²) >= 11 is 3.37. The first-order valence-electron chi connectivity index (χ1n) is 4.99. The number of hydrogen-bond donors (Lipinski definition) is 1. The predicted octanol–water partition coefficient (Wildman–Crippen LogP) is 0.847. The Morgan fingerprint density at radius 3 is 2.44 bits per heavy atom. The average Bonchev–Trinajstić information content (AvgIpc) is 2.59. The van der Waals surface area contributed by atoms with E-state index in [-0.39, 0.29) is 12.3 Å². The Balaban J connectivity index is 3.01. The second-order valence-electron chi connectivity index (χ2n) is 3.26. The molecule has 0 saturated carbocycles. The van der Waals surface area contributed by atoms with E-state index in [1.165, 1.54) is 0 Å². The molecular formula is C9H17BrN4O2. The zero-order chi connectivity index (χ0) is 12.1. The topological polar surface area (TPSA) is 61.2 Å². The van der Waals surface area contributed by atoms with Gasteiger partial charge in [-0.2, -0.15) is 0 Å². The van der Waals surface area contributed by atoms with E-state index in [9.17, 15) is 0 Å². The molecule has 0 saturated heterocycles. The number of nitrogens with zero attached hydrogens (tertiary/aromatic N) is 3. The molecule has 16 heavy (non-hydrogen) atoms. The number of nitrogens with one attached hydrogen (secondary N) is 1. The quantitative estimate of drug-likeness (QED) is 0.788. The Morgan fingerprint density at radius 1 is 1.44 bits per heavy atom. The zero-order valence-corrected chi connectivity index (χ0v) is 11.5. The molecule has 0 aromatic carbocycles. The molecule has 0 radical (unpaired) electrons. The fourth-order valence-electron chi connectivity index (χ4n) is 1.58. The van der Waals surface area contributed by atoms with Crippen LogP contribution in [0.2, 0.25) is 0 Å². The van der Waals surface area contributed by atoms with Crippen molar-refractivity contribution >= 4 is 15.9 Å². The van der Waals surface area contributed by atoms with Gasteiger partial charge in [-0.3, -0.25) is 0 Å². The van der Waals surface area contributed by atoms with Gasteiger partial charge in [0, 0.05) is 21.3 Å². The molecule has 92 valence electrons. The highest BCUT2D eigenvalue weighted by molar-refractivity contribution is 9.10. The molecule has 0 aliphatic carbocycles. The maximum absolute atomic E-state index is 5.27. The van der Waals surface area contributed by atoms with E-state index in [0.29, 0.717) is 4.60 Å². The molecule has 7 heteroatoms. The van der Waals surface area contributed by atoms with Crippen LogP contribution in [-0.4, -0.2) is 42.0 Å². The molecule has 0 bridgehead atoms. The molecular weight excluding hydrogens is 276 g/mol. The predicted molar refractivity (Wildman–Crippen MR) is 62.9 cm³/mol. The van der Waals surface area contributed by atoms with Gasteiger partial charge in [0.05, 0.1) is 5.69 Å². The molecule has 0 fully saturated rings. The Bertz CT molecular complexity index is 308. The summed E-state index contributed by atoms with van der Waals surface area (Å²) < 4.78 is 12.9. The summed E-state index contributed by atoms with van der Waals surface area (Å²) in [5.74, 6) is 0. The lowest BCUT2D eigenvalue weighted by Crippen LogP contribution is -2.36. The molecule has 1 unspecified atom stereocenters. The largest absolute Gasteiger partial charge is 0.354 e. The van der Waals surface area contributed by atoms with Crippen LogP contribution >= 0.6 is 15.9 Å². The van der Waals surface area contributed by atoms with Crippen molar-refractivity contribution in [1.82, 2.24) is 20.3 Å². The highest BCUT2D eigenvalue weighted by Crippen LogP contribution is 2.24. The number of ether oxygens (including phenoxy) is 2.